The van der Waals surface area contributed by atoms with Crippen LogP contribution < -0.4 is 10.6 Å². The number of nitrogens with one attached hydrogen (secondary N) is 2. The van der Waals surface area contributed by atoms with Crippen LogP contribution in [0.15, 0.2) is 82.6 Å². The highest BCUT2D eigenvalue weighted by atomic mass is 32.2. The van der Waals surface area contributed by atoms with Crippen LogP contribution in [0.2, 0.25) is 0 Å². The Morgan fingerprint density at radius 3 is 1.67 bits per heavy atom. The summed E-state index contributed by atoms with van der Waals surface area (Å²) in [5.74, 6) is -0.925. The van der Waals surface area contributed by atoms with Crippen LogP contribution in [0.3, 0.4) is 0 Å². The van der Waals surface area contributed by atoms with Gasteiger partial charge in [0.25, 0.3) is 10.1 Å². The number of rotatable bonds is 6. The molecule has 0 amide bonds. The van der Waals surface area contributed by atoms with E-state index in [9.17, 15) is 31.3 Å². The average molecular weight is 563 g/mol. The number of hydrogen-bond acceptors (Lipinski definition) is 7. The van der Waals surface area contributed by atoms with Gasteiger partial charge in [0, 0.05) is 11.1 Å². The molecular formula is C28H22N2O7S2. The first-order valence-corrected chi connectivity index (χ1v) is 14.2. The third kappa shape index (κ3) is 4.88. The zero-order valence-corrected chi connectivity index (χ0v) is 22.3. The van der Waals surface area contributed by atoms with Crippen LogP contribution in [0.25, 0.3) is 0 Å². The van der Waals surface area contributed by atoms with Gasteiger partial charge in [-0.2, -0.15) is 8.42 Å². The number of carbonyl (C=O) groups is 2. The summed E-state index contributed by atoms with van der Waals surface area (Å²) in [7, 11) is -4.61. The molecule has 0 fully saturated rings. The molecule has 0 bridgehead atoms. The van der Waals surface area contributed by atoms with Crippen LogP contribution >= 0.6 is 0 Å². The topological polar surface area (TPSA) is 150 Å². The van der Waals surface area contributed by atoms with E-state index in [1.54, 1.807) is 50.2 Å². The smallest absolute Gasteiger partial charge is 0.296 e. The Hall–Kier alpha value is -4.16. The van der Waals surface area contributed by atoms with Crippen LogP contribution in [0.5, 0.6) is 0 Å². The Balaban J connectivity index is 1.71. The zero-order valence-electron chi connectivity index (χ0n) is 20.7. The van der Waals surface area contributed by atoms with E-state index in [0.29, 0.717) is 5.56 Å². The van der Waals surface area contributed by atoms with Crippen molar-refractivity contribution in [3.05, 3.63) is 106 Å². The van der Waals surface area contributed by atoms with Crippen molar-refractivity contribution in [1.82, 2.24) is 0 Å². The summed E-state index contributed by atoms with van der Waals surface area (Å²) in [5.41, 5.74) is 2.38. The molecule has 0 saturated heterocycles. The Labute approximate surface area is 226 Å². The van der Waals surface area contributed by atoms with Crippen molar-refractivity contribution in [1.29, 1.82) is 0 Å². The number of ketones is 2. The Morgan fingerprint density at radius 2 is 1.15 bits per heavy atom. The van der Waals surface area contributed by atoms with Gasteiger partial charge in [-0.05, 0) is 61.4 Å². The zero-order chi connectivity index (χ0) is 28.1. The molecule has 1 aliphatic rings. The lowest BCUT2D eigenvalue weighted by molar-refractivity contribution is 0.0980. The third-order valence-electron chi connectivity index (χ3n) is 6.35. The second kappa shape index (κ2) is 9.86. The van der Waals surface area contributed by atoms with Gasteiger partial charge >= 0.3 is 0 Å². The average Bonchev–Trinajstić information content (AvgIpc) is 2.89. The molecule has 5 rings (SSSR count). The first-order chi connectivity index (χ1) is 18.5. The molecule has 0 aliphatic heterocycles. The maximum absolute atomic E-state index is 13.7. The molecule has 0 heterocycles. The predicted octanol–water partition coefficient (Wildman–Crippen LogP) is 5.39. The first kappa shape index (κ1) is 26.4. The maximum Gasteiger partial charge on any atom is 0.296 e. The fourth-order valence-corrected chi connectivity index (χ4v) is 5.87. The Morgan fingerprint density at radius 1 is 0.692 bits per heavy atom. The second-order valence-corrected chi connectivity index (χ2v) is 11.4. The highest BCUT2D eigenvalue weighted by Crippen LogP contribution is 2.40. The van der Waals surface area contributed by atoms with Crippen LogP contribution in [0.4, 0.5) is 22.7 Å². The summed E-state index contributed by atoms with van der Waals surface area (Å²) < 4.78 is 55.8. The molecule has 0 aromatic heterocycles. The Kier molecular flexibility index (Phi) is 6.69. The van der Waals surface area contributed by atoms with Gasteiger partial charge in [0.15, 0.2) is 22.6 Å². The van der Waals surface area contributed by atoms with E-state index in [0.717, 1.165) is 5.56 Å². The van der Waals surface area contributed by atoms with E-state index >= 15 is 0 Å². The third-order valence-corrected chi connectivity index (χ3v) is 7.96. The molecule has 0 spiro atoms. The number of aryl methyl sites for hydroxylation is 2. The van der Waals surface area contributed by atoms with Gasteiger partial charge in [-0.15, -0.1) is 0 Å². The summed E-state index contributed by atoms with van der Waals surface area (Å²) in [6.07, 6.45) is 0. The molecule has 0 radical (unpaired) electrons. The van der Waals surface area contributed by atoms with E-state index in [1.165, 1.54) is 36.4 Å². The number of anilines is 4. The lowest BCUT2D eigenvalue weighted by Gasteiger charge is -2.24. The minimum atomic E-state index is -4.61. The number of carbonyl (C=O) groups excluding carboxylic acids is 2. The van der Waals surface area contributed by atoms with Crippen molar-refractivity contribution in [2.75, 3.05) is 10.6 Å². The molecule has 198 valence electrons. The van der Waals surface area contributed by atoms with E-state index in [1.807, 2.05) is 0 Å². The number of fused-ring (bicyclic) bond motifs is 2. The highest BCUT2D eigenvalue weighted by molar-refractivity contribution is 7.86. The minimum absolute atomic E-state index is 0.00987. The van der Waals surface area contributed by atoms with Crippen LogP contribution in [0.1, 0.15) is 43.0 Å². The standard InChI is InChI=1S/C28H22N2O7S2/c1-15-7-9-19(23(13-15)38(33)34)29-21-11-12-22(30-20-10-8-16(2)14-24(20)39(35,36)37)26-25(21)27(31)17-5-3-4-6-18(17)28(26)32/h3-14,29-30H,1-2H3,(H,33,34)(H,35,36,37). The summed E-state index contributed by atoms with van der Waals surface area (Å²) in [6.45, 7) is 3.44. The van der Waals surface area contributed by atoms with Crippen molar-refractivity contribution in [2.45, 2.75) is 23.6 Å². The van der Waals surface area contributed by atoms with Crippen LogP contribution in [0, 0.1) is 13.8 Å². The molecule has 39 heavy (non-hydrogen) atoms. The summed E-state index contributed by atoms with van der Waals surface area (Å²) >= 11 is -2.33. The van der Waals surface area contributed by atoms with Gasteiger partial charge in [0.1, 0.15) is 4.90 Å². The molecule has 1 atom stereocenters. The van der Waals surface area contributed by atoms with Gasteiger partial charge < -0.3 is 15.2 Å². The maximum atomic E-state index is 13.7. The second-order valence-electron chi connectivity index (χ2n) is 9.09. The summed E-state index contributed by atoms with van der Waals surface area (Å²) in [4.78, 5) is 27.2. The van der Waals surface area contributed by atoms with Gasteiger partial charge in [-0.1, -0.05) is 36.4 Å². The monoisotopic (exact) mass is 562 g/mol. The molecule has 11 heteroatoms. The van der Waals surface area contributed by atoms with Gasteiger partial charge in [-0.3, -0.25) is 14.1 Å². The largest absolute Gasteiger partial charge is 0.354 e. The van der Waals surface area contributed by atoms with Crippen molar-refractivity contribution in [2.24, 2.45) is 0 Å². The van der Waals surface area contributed by atoms with Gasteiger partial charge in [0.05, 0.1) is 38.8 Å². The van der Waals surface area contributed by atoms with E-state index in [4.69, 9.17) is 0 Å². The molecule has 4 aromatic carbocycles. The van der Waals surface area contributed by atoms with Crippen LogP contribution in [-0.4, -0.2) is 33.3 Å². The van der Waals surface area contributed by atoms with E-state index < -0.39 is 32.8 Å². The fourth-order valence-electron chi connectivity index (χ4n) is 4.54. The fraction of sp³-hybridized carbons (Fsp3) is 0.0714. The van der Waals surface area contributed by atoms with Crippen molar-refractivity contribution in [3.8, 4) is 0 Å². The quantitative estimate of drug-likeness (QED) is 0.158. The van der Waals surface area contributed by atoms with Crippen molar-refractivity contribution in [3.63, 3.8) is 0 Å². The predicted molar refractivity (Wildman–Crippen MR) is 148 cm³/mol. The summed E-state index contributed by atoms with van der Waals surface area (Å²) in [5, 5.41) is 5.95. The summed E-state index contributed by atoms with van der Waals surface area (Å²) in [6, 6.07) is 18.6. The number of hydrogen-bond donors (Lipinski definition) is 4. The Bertz CT molecular complexity index is 1830. The minimum Gasteiger partial charge on any atom is -0.354 e. The van der Waals surface area contributed by atoms with Gasteiger partial charge in [-0.25, -0.2) is 4.21 Å². The lowest BCUT2D eigenvalue weighted by atomic mass is 9.82. The number of benzene rings is 4. The lowest BCUT2D eigenvalue weighted by Crippen LogP contribution is -2.23. The molecule has 4 aromatic rings. The van der Waals surface area contributed by atoms with Crippen molar-refractivity contribution >= 4 is 55.5 Å². The molecule has 9 nitrogen and oxygen atoms in total. The molecule has 1 unspecified atom stereocenters. The van der Waals surface area contributed by atoms with E-state index in [-0.39, 0.29) is 54.8 Å². The van der Waals surface area contributed by atoms with E-state index in [2.05, 4.69) is 10.6 Å². The van der Waals surface area contributed by atoms with Crippen molar-refractivity contribution < 1.29 is 31.3 Å². The normalized spacial score (nSPS) is 13.4. The molecule has 1 aliphatic carbocycles. The van der Waals surface area contributed by atoms with Gasteiger partial charge in [0.2, 0.25) is 0 Å². The highest BCUT2D eigenvalue weighted by Gasteiger charge is 2.34. The first-order valence-electron chi connectivity index (χ1n) is 11.6. The molecule has 4 N–H and O–H groups in total. The SMILES string of the molecule is Cc1ccc(Nc2ccc(Nc3ccc(C)cc3S(=O)(=O)O)c3c2C(=O)c2ccccc2C3=O)c(S(=O)O)c1. The molecule has 0 saturated carbocycles. The van der Waals surface area contributed by atoms with Crippen LogP contribution in [-0.2, 0) is 21.2 Å². The molecular weight excluding hydrogens is 540 g/mol.